The number of nitrogens with zero attached hydrogens (tertiary/aromatic N) is 2. The zero-order valence-electron chi connectivity index (χ0n) is 14.2. The molecule has 1 unspecified atom stereocenters. The molecule has 5 nitrogen and oxygen atoms in total. The van der Waals surface area contributed by atoms with Gasteiger partial charge in [-0.1, -0.05) is 12.8 Å². The van der Waals surface area contributed by atoms with Crippen LogP contribution >= 0.6 is 0 Å². The summed E-state index contributed by atoms with van der Waals surface area (Å²) in [6.07, 6.45) is 5.79. The molecule has 1 saturated heterocycles. The molecule has 7 heteroatoms. The van der Waals surface area contributed by atoms with Gasteiger partial charge < -0.3 is 4.90 Å². The van der Waals surface area contributed by atoms with Crippen molar-refractivity contribution in [3.63, 3.8) is 0 Å². The van der Waals surface area contributed by atoms with Gasteiger partial charge in [0.2, 0.25) is 10.0 Å². The van der Waals surface area contributed by atoms with Crippen LogP contribution in [0, 0.1) is 23.1 Å². The summed E-state index contributed by atoms with van der Waals surface area (Å²) in [4.78, 5) is 1.86. The van der Waals surface area contributed by atoms with Crippen molar-refractivity contribution in [2.24, 2.45) is 5.92 Å². The Bertz CT molecular complexity index is 754. The Kier molecular flexibility index (Phi) is 5.60. The van der Waals surface area contributed by atoms with Gasteiger partial charge in [0.05, 0.1) is 23.1 Å². The third-order valence-corrected chi connectivity index (χ3v) is 6.72. The molecule has 25 heavy (non-hydrogen) atoms. The Morgan fingerprint density at radius 1 is 1.24 bits per heavy atom. The molecule has 136 valence electrons. The maximum atomic E-state index is 14.2. The minimum absolute atomic E-state index is 0.199. The first-order chi connectivity index (χ1) is 12.0. The van der Waals surface area contributed by atoms with Crippen molar-refractivity contribution in [1.82, 2.24) is 4.72 Å². The molecule has 1 atom stereocenters. The van der Waals surface area contributed by atoms with E-state index in [-0.39, 0.29) is 23.3 Å². The van der Waals surface area contributed by atoms with Crippen LogP contribution in [0.15, 0.2) is 18.2 Å². The van der Waals surface area contributed by atoms with Gasteiger partial charge in [0, 0.05) is 19.1 Å². The first kappa shape index (κ1) is 18.2. The van der Waals surface area contributed by atoms with Crippen LogP contribution in [0.5, 0.6) is 0 Å². The van der Waals surface area contributed by atoms with Gasteiger partial charge in [-0.2, -0.15) is 5.26 Å². The average molecular weight is 365 g/mol. The number of benzene rings is 1. The number of hydrogen-bond acceptors (Lipinski definition) is 4. The first-order valence-corrected chi connectivity index (χ1v) is 10.6. The molecule has 2 fully saturated rings. The van der Waals surface area contributed by atoms with E-state index in [1.54, 1.807) is 12.1 Å². The summed E-state index contributed by atoms with van der Waals surface area (Å²) in [5, 5.41) is 8.84. The molecule has 0 bridgehead atoms. The Morgan fingerprint density at radius 3 is 2.68 bits per heavy atom. The summed E-state index contributed by atoms with van der Waals surface area (Å²) in [7, 11) is -3.30. The lowest BCUT2D eigenvalue weighted by Crippen LogP contribution is -2.48. The minimum Gasteiger partial charge on any atom is -0.368 e. The molecule has 0 spiro atoms. The molecule has 0 radical (unpaired) electrons. The Morgan fingerprint density at radius 2 is 2.00 bits per heavy atom. The van der Waals surface area contributed by atoms with Crippen LogP contribution < -0.4 is 9.62 Å². The summed E-state index contributed by atoms with van der Waals surface area (Å²) in [5.41, 5.74) is 0.714. The highest BCUT2D eigenvalue weighted by atomic mass is 32.2. The number of hydrogen-bond donors (Lipinski definition) is 1. The number of nitrogens with one attached hydrogen (secondary N) is 1. The van der Waals surface area contributed by atoms with Crippen LogP contribution in [-0.2, 0) is 10.0 Å². The normalized spacial score (nSPS) is 22.1. The maximum absolute atomic E-state index is 14.2. The second-order valence-electron chi connectivity index (χ2n) is 7.11. The predicted octanol–water partition coefficient (Wildman–Crippen LogP) is 2.78. The van der Waals surface area contributed by atoms with Crippen molar-refractivity contribution >= 4 is 15.7 Å². The van der Waals surface area contributed by atoms with Crippen molar-refractivity contribution in [2.45, 2.75) is 44.6 Å². The van der Waals surface area contributed by atoms with Gasteiger partial charge in [-0.15, -0.1) is 0 Å². The van der Waals surface area contributed by atoms with Gasteiger partial charge in [0.25, 0.3) is 0 Å². The molecule has 3 rings (SSSR count). The largest absolute Gasteiger partial charge is 0.368 e. The molecule has 1 aromatic carbocycles. The van der Waals surface area contributed by atoms with Crippen LogP contribution in [0.2, 0.25) is 0 Å². The van der Waals surface area contributed by atoms with Gasteiger partial charge in [0.15, 0.2) is 0 Å². The van der Waals surface area contributed by atoms with E-state index < -0.39 is 15.8 Å². The van der Waals surface area contributed by atoms with Crippen LogP contribution in [0.4, 0.5) is 10.1 Å². The van der Waals surface area contributed by atoms with Crippen molar-refractivity contribution in [1.29, 1.82) is 5.26 Å². The Balaban J connectivity index is 1.64. The third kappa shape index (κ3) is 4.71. The van der Waals surface area contributed by atoms with E-state index >= 15 is 0 Å². The summed E-state index contributed by atoms with van der Waals surface area (Å²) in [5.74, 6) is 0.0380. The number of nitriles is 1. The molecule has 2 aliphatic rings. The zero-order chi connectivity index (χ0) is 17.9. The lowest BCUT2D eigenvalue weighted by atomic mass is 10.1. The molecular weight excluding hydrogens is 341 g/mol. The van der Waals surface area contributed by atoms with Crippen LogP contribution in [0.25, 0.3) is 0 Å². The SMILES string of the molecule is N#Cc1ccc(N2CCCC(NS(=O)(=O)CC3CCCC3)C2)c(F)c1. The number of sulfonamides is 1. The molecule has 1 N–H and O–H groups in total. The molecule has 0 aromatic heterocycles. The molecule has 0 amide bonds. The van der Waals surface area contributed by atoms with E-state index in [1.165, 1.54) is 6.07 Å². The average Bonchev–Trinajstić information content (AvgIpc) is 3.06. The fourth-order valence-corrected chi connectivity index (χ4v) is 5.66. The smallest absolute Gasteiger partial charge is 0.212 e. The Labute approximate surface area is 148 Å². The van der Waals surface area contributed by atoms with Crippen molar-refractivity contribution < 1.29 is 12.8 Å². The highest BCUT2D eigenvalue weighted by Crippen LogP contribution is 2.27. The number of piperidine rings is 1. The van der Waals surface area contributed by atoms with Crippen molar-refractivity contribution in [3.05, 3.63) is 29.6 Å². The molecule has 1 aliphatic heterocycles. The monoisotopic (exact) mass is 365 g/mol. The zero-order valence-corrected chi connectivity index (χ0v) is 15.1. The highest BCUT2D eigenvalue weighted by Gasteiger charge is 2.28. The number of anilines is 1. The summed E-state index contributed by atoms with van der Waals surface area (Å²) in [6, 6.07) is 6.14. The van der Waals surface area contributed by atoms with E-state index in [0.29, 0.717) is 18.8 Å². The quantitative estimate of drug-likeness (QED) is 0.871. The lowest BCUT2D eigenvalue weighted by Gasteiger charge is -2.35. The highest BCUT2D eigenvalue weighted by molar-refractivity contribution is 7.89. The van der Waals surface area contributed by atoms with Crippen molar-refractivity contribution in [3.8, 4) is 6.07 Å². The van der Waals surface area contributed by atoms with Crippen molar-refractivity contribution in [2.75, 3.05) is 23.7 Å². The maximum Gasteiger partial charge on any atom is 0.212 e. The van der Waals surface area contributed by atoms with Crippen LogP contribution in [0.1, 0.15) is 44.1 Å². The predicted molar refractivity (Wildman–Crippen MR) is 95.2 cm³/mol. The van der Waals surface area contributed by atoms with Gasteiger partial charge >= 0.3 is 0 Å². The van der Waals surface area contributed by atoms with Gasteiger partial charge in [-0.05, 0) is 49.8 Å². The van der Waals surface area contributed by atoms with Gasteiger partial charge in [-0.25, -0.2) is 17.5 Å². The molecular formula is C18H24FN3O2S. The lowest BCUT2D eigenvalue weighted by molar-refractivity contribution is 0.457. The van der Waals surface area contributed by atoms with E-state index in [1.807, 2.05) is 11.0 Å². The molecule has 1 aromatic rings. The second kappa shape index (κ2) is 7.71. The standard InChI is InChI=1S/C18H24FN3O2S/c19-17-10-15(11-20)7-8-18(17)22-9-3-6-16(12-22)21-25(23,24)13-14-4-1-2-5-14/h7-8,10,14,16,21H,1-6,9,12-13H2. The van der Waals surface area contributed by atoms with Gasteiger partial charge in [0.1, 0.15) is 5.82 Å². The van der Waals surface area contributed by atoms with E-state index in [9.17, 15) is 12.8 Å². The summed E-state index contributed by atoms with van der Waals surface area (Å²) < 4.78 is 41.9. The number of halogens is 1. The summed E-state index contributed by atoms with van der Waals surface area (Å²) >= 11 is 0. The van der Waals surface area contributed by atoms with E-state index in [4.69, 9.17) is 5.26 Å². The topological polar surface area (TPSA) is 73.2 Å². The van der Waals surface area contributed by atoms with Crippen LogP contribution in [0.3, 0.4) is 0 Å². The third-order valence-electron chi connectivity index (χ3n) is 5.11. The first-order valence-electron chi connectivity index (χ1n) is 8.91. The van der Waals surface area contributed by atoms with Crippen LogP contribution in [-0.4, -0.2) is 33.3 Å². The van der Waals surface area contributed by atoms with E-state index in [2.05, 4.69) is 4.72 Å². The fraction of sp³-hybridized carbons (Fsp3) is 0.611. The molecule has 1 saturated carbocycles. The van der Waals surface area contributed by atoms with E-state index in [0.717, 1.165) is 38.5 Å². The molecule has 1 heterocycles. The fourth-order valence-electron chi connectivity index (χ4n) is 3.91. The molecule has 1 aliphatic carbocycles. The minimum atomic E-state index is -3.30. The van der Waals surface area contributed by atoms with Gasteiger partial charge in [-0.3, -0.25) is 0 Å². The Hall–Kier alpha value is -1.65. The number of rotatable bonds is 5. The second-order valence-corrected chi connectivity index (χ2v) is 8.91. The summed E-state index contributed by atoms with van der Waals surface area (Å²) in [6.45, 7) is 1.14.